The van der Waals surface area contributed by atoms with Gasteiger partial charge in [-0.3, -0.25) is 0 Å². The lowest BCUT2D eigenvalue weighted by Crippen LogP contribution is -2.09. The molecule has 2 aliphatic heterocycles. The third kappa shape index (κ3) is 9.68. The Hall–Kier alpha value is -12.8. The van der Waals surface area contributed by atoms with Crippen molar-refractivity contribution in [3.63, 3.8) is 0 Å². The van der Waals surface area contributed by atoms with Crippen molar-refractivity contribution < 1.29 is 0 Å². The maximum atomic E-state index is 5.60. The van der Waals surface area contributed by atoms with Crippen LogP contribution in [0.3, 0.4) is 0 Å². The van der Waals surface area contributed by atoms with Crippen LogP contribution in [0.5, 0.6) is 0 Å². The minimum absolute atomic E-state index is 0.483. The second kappa shape index (κ2) is 22.7. The number of nitrogens with zero attached hydrogens (tertiary/aromatic N) is 10. The van der Waals surface area contributed by atoms with Crippen LogP contribution in [-0.2, 0) is 0 Å². The van der Waals surface area contributed by atoms with Crippen molar-refractivity contribution in [2.45, 2.75) is 0 Å². The zero-order valence-corrected chi connectivity index (χ0v) is 49.5. The number of aromatic nitrogens is 8. The molecule has 2 N–H and O–H groups in total. The van der Waals surface area contributed by atoms with Crippen LogP contribution in [0.4, 0.5) is 68.2 Å². The van der Waals surface area contributed by atoms with Gasteiger partial charge in [0.05, 0.1) is 0 Å². The van der Waals surface area contributed by atoms with Crippen molar-refractivity contribution in [3.8, 4) is 45.6 Å². The number of H-pyrrole nitrogens is 2. The summed E-state index contributed by atoms with van der Waals surface area (Å²) in [6.07, 6.45) is 0. The number of hydrogen-bond donors (Lipinski definition) is 2. The quantitative estimate of drug-likeness (QED) is 0.122. The van der Waals surface area contributed by atoms with E-state index in [1.165, 1.54) is 0 Å². The molecule has 12 heteroatoms. The summed E-state index contributed by atoms with van der Waals surface area (Å²) in [5.41, 5.74) is 17.3. The molecule has 434 valence electrons. The number of fused-ring (bicyclic) bond motifs is 20. The number of rotatable bonds is 12. The Bertz CT molecular complexity index is 4910. The fraction of sp³-hybridized carbons (Fsp3) is 0. The van der Waals surface area contributed by atoms with Crippen molar-refractivity contribution in [2.75, 3.05) is 19.6 Å². The molecule has 0 saturated carbocycles. The van der Waals surface area contributed by atoms with E-state index in [0.29, 0.717) is 45.9 Å². The molecule has 3 aromatic heterocycles. The van der Waals surface area contributed by atoms with Crippen LogP contribution < -0.4 is 19.6 Å². The van der Waals surface area contributed by atoms with Crippen LogP contribution in [0.2, 0.25) is 0 Å². The molecule has 0 fully saturated rings. The lowest BCUT2D eigenvalue weighted by Gasteiger charge is -2.25. The highest BCUT2D eigenvalue weighted by atomic mass is 15.2. The normalized spacial score (nSPS) is 11.5. The first-order valence-corrected chi connectivity index (χ1v) is 30.6. The van der Waals surface area contributed by atoms with Gasteiger partial charge in [-0.1, -0.05) is 146 Å². The van der Waals surface area contributed by atoms with Crippen molar-refractivity contribution >= 4 is 112 Å². The van der Waals surface area contributed by atoms with Gasteiger partial charge in [-0.15, -0.1) is 0 Å². The van der Waals surface area contributed by atoms with Crippen LogP contribution in [0.15, 0.2) is 315 Å². The molecule has 5 heterocycles. The first-order chi connectivity index (χ1) is 45.6. The molecular formula is C80H54N12. The average Bonchev–Trinajstić information content (AvgIpc) is 1.60. The molecule has 0 amide bonds. The molecular weight excluding hydrogens is 1130 g/mol. The smallest absolute Gasteiger partial charge is 0.164 e. The Labute approximate surface area is 530 Å². The molecule has 0 unspecified atom stereocenters. The van der Waals surface area contributed by atoms with Gasteiger partial charge in [0.15, 0.2) is 23.3 Å². The van der Waals surface area contributed by atoms with Crippen molar-refractivity contribution in [3.05, 3.63) is 315 Å². The van der Waals surface area contributed by atoms with Gasteiger partial charge in [-0.25, -0.2) is 29.9 Å². The molecule has 15 aromatic rings. The van der Waals surface area contributed by atoms with Crippen LogP contribution in [0, 0.1) is 0 Å². The minimum Gasteiger partial charge on any atom is -0.324 e. The third-order valence-corrected chi connectivity index (χ3v) is 16.9. The highest BCUT2D eigenvalue weighted by Crippen LogP contribution is 2.46. The van der Waals surface area contributed by atoms with E-state index in [4.69, 9.17) is 29.9 Å². The molecule has 0 saturated heterocycles. The highest BCUT2D eigenvalue weighted by Gasteiger charge is 2.27. The number of hydrogen-bond acceptors (Lipinski definition) is 10. The molecule has 0 atom stereocenters. The zero-order valence-electron chi connectivity index (χ0n) is 49.5. The Balaban J connectivity index is 0.962. The highest BCUT2D eigenvalue weighted by molar-refractivity contribution is 6.09. The van der Waals surface area contributed by atoms with E-state index in [1.54, 1.807) is 0 Å². The van der Waals surface area contributed by atoms with Gasteiger partial charge in [-0.05, 0) is 170 Å². The van der Waals surface area contributed by atoms with Gasteiger partial charge in [0.2, 0.25) is 0 Å². The van der Waals surface area contributed by atoms with Gasteiger partial charge in [-0.2, -0.15) is 0 Å². The van der Waals surface area contributed by atoms with E-state index in [0.717, 1.165) is 112 Å². The maximum Gasteiger partial charge on any atom is 0.164 e. The Morgan fingerprint density at radius 3 is 0.652 bits per heavy atom. The summed E-state index contributed by atoms with van der Waals surface area (Å²) >= 11 is 0. The van der Waals surface area contributed by atoms with E-state index in [-0.39, 0.29) is 0 Å². The van der Waals surface area contributed by atoms with Crippen LogP contribution in [0.25, 0.3) is 89.7 Å². The number of benzene rings is 12. The average molecular weight is 1180 g/mol. The van der Waals surface area contributed by atoms with E-state index >= 15 is 0 Å². The largest absolute Gasteiger partial charge is 0.324 e. The SMILES string of the molecule is c1ccc(N(c2ccccc2)c2ccc3c(c2)-c2nc-3nc3[nH]c(nc4nc(nc5[nH]c(n2)c2ccc(N(c6ccccc6)c6ccccc6)cc52)-c2ccc(N(c5ccccc5)c5ccccc5)cc2-4)c2ccc(N(c4ccccc4)c4ccccc4)cc32)cc1. The number of nitrogens with one attached hydrogen (secondary N) is 2. The first kappa shape index (κ1) is 53.4. The fourth-order valence-corrected chi connectivity index (χ4v) is 12.7. The van der Waals surface area contributed by atoms with Crippen LogP contribution in [-0.4, -0.2) is 39.9 Å². The molecule has 0 radical (unpaired) electrons. The van der Waals surface area contributed by atoms with Crippen LogP contribution >= 0.6 is 0 Å². The van der Waals surface area contributed by atoms with Gasteiger partial charge in [0.1, 0.15) is 22.6 Å². The van der Waals surface area contributed by atoms with Gasteiger partial charge in [0, 0.05) is 112 Å². The van der Waals surface area contributed by atoms with Gasteiger partial charge < -0.3 is 29.6 Å². The lowest BCUT2D eigenvalue weighted by atomic mass is 10.1. The first-order valence-electron chi connectivity index (χ1n) is 30.6. The molecule has 0 aliphatic carbocycles. The monoisotopic (exact) mass is 1180 g/mol. The minimum atomic E-state index is 0.483. The molecule has 92 heavy (non-hydrogen) atoms. The van der Waals surface area contributed by atoms with Crippen molar-refractivity contribution in [2.24, 2.45) is 0 Å². The van der Waals surface area contributed by atoms with Gasteiger partial charge >= 0.3 is 0 Å². The van der Waals surface area contributed by atoms with E-state index in [1.807, 2.05) is 48.5 Å². The van der Waals surface area contributed by atoms with Crippen molar-refractivity contribution in [1.82, 2.24) is 39.9 Å². The molecule has 8 bridgehead atoms. The Morgan fingerprint density at radius 2 is 0.391 bits per heavy atom. The second-order valence-electron chi connectivity index (χ2n) is 22.6. The summed E-state index contributed by atoms with van der Waals surface area (Å²) in [5.74, 6) is 1.94. The van der Waals surface area contributed by atoms with Crippen LogP contribution in [0.1, 0.15) is 0 Å². The second-order valence-corrected chi connectivity index (χ2v) is 22.6. The summed E-state index contributed by atoms with van der Waals surface area (Å²) in [6, 6.07) is 109. The van der Waals surface area contributed by atoms with E-state index in [9.17, 15) is 0 Å². The Morgan fingerprint density at radius 1 is 0.174 bits per heavy atom. The number of para-hydroxylation sites is 8. The topological polar surface area (TPSA) is 122 Å². The van der Waals surface area contributed by atoms with E-state index < -0.39 is 0 Å². The molecule has 0 spiro atoms. The molecule has 2 aliphatic rings. The molecule has 12 aromatic carbocycles. The summed E-state index contributed by atoms with van der Waals surface area (Å²) in [4.78, 5) is 49.9. The lowest BCUT2D eigenvalue weighted by molar-refractivity contribution is 1.19. The van der Waals surface area contributed by atoms with Crippen molar-refractivity contribution in [1.29, 1.82) is 0 Å². The number of aromatic amines is 2. The molecule has 17 rings (SSSR count). The summed E-state index contributed by atoms with van der Waals surface area (Å²) < 4.78 is 0. The third-order valence-electron chi connectivity index (χ3n) is 16.9. The summed E-state index contributed by atoms with van der Waals surface area (Å²) in [6.45, 7) is 0. The Kier molecular flexibility index (Phi) is 13.2. The van der Waals surface area contributed by atoms with E-state index in [2.05, 4.69) is 296 Å². The standard InChI is InChI=1S/C80H54N12/c1-9-25-53(26-10-1)89(54-27-11-2-12-28-54)61-41-45-65-69(49-61)77-81-73(65)86-78-71-51-63(91(57-33-17-5-18-34-57)58-35-19-6-20-36-58)43-47-67(71)75(83-78)88-80-72-52-64(92(59-37-21-7-22-38-59)60-39-23-8-24-40-60)44-48-68(72)76(84-80)87-79-70-50-62(42-46-66(70)74(82-79)85-77)90(55-29-13-3-14-30-55)56-31-15-4-16-32-56/h1-52H,(H2,81,82,83,84,85,86,87,88). The number of anilines is 12. The summed E-state index contributed by atoms with van der Waals surface area (Å²) in [7, 11) is 0. The summed E-state index contributed by atoms with van der Waals surface area (Å²) in [5, 5.41) is 3.36. The molecule has 12 nitrogen and oxygen atoms in total. The predicted molar refractivity (Wildman–Crippen MR) is 375 cm³/mol. The fourth-order valence-electron chi connectivity index (χ4n) is 12.7. The zero-order chi connectivity index (χ0) is 60.9. The van der Waals surface area contributed by atoms with Gasteiger partial charge in [0.25, 0.3) is 0 Å². The predicted octanol–water partition coefficient (Wildman–Crippen LogP) is 20.7. The maximum absolute atomic E-state index is 5.60.